The van der Waals surface area contributed by atoms with Crippen molar-refractivity contribution in [3.8, 4) is 0 Å². The van der Waals surface area contributed by atoms with Crippen LogP contribution in [-0.2, 0) is 7.05 Å². The molecule has 0 radical (unpaired) electrons. The van der Waals surface area contributed by atoms with Gasteiger partial charge in [0.05, 0.1) is 10.9 Å². The molecule has 1 fully saturated rings. The number of benzene rings is 2. The minimum atomic E-state index is -0.158. The number of thioether (sulfide) groups is 1. The molecule has 0 N–H and O–H groups in total. The van der Waals surface area contributed by atoms with Crippen LogP contribution in [0.25, 0.3) is 10.9 Å². The first-order valence-electron chi connectivity index (χ1n) is 9.09. The number of carbonyl (C=O) groups excluding carboxylic acids is 1. The molecule has 3 aromatic rings. The quantitative estimate of drug-likeness (QED) is 0.632. The fourth-order valence-corrected chi connectivity index (χ4v) is 4.06. The fourth-order valence-electron chi connectivity index (χ4n) is 3.47. The Hall–Kier alpha value is -2.87. The van der Waals surface area contributed by atoms with Gasteiger partial charge in [-0.05, 0) is 36.6 Å². The third-order valence-corrected chi connectivity index (χ3v) is 5.86. The van der Waals surface area contributed by atoms with Crippen LogP contribution in [0.4, 0.5) is 5.69 Å². The molecule has 1 amide bonds. The summed E-state index contributed by atoms with van der Waals surface area (Å²) in [4.78, 5) is 30.3. The molecule has 0 unspecified atom stereocenters. The standard InChI is InChI=1S/C20H21N5O2S/c1-23-19(26)16-13-14(7-8-17(16)21-22-23)24-9-11-25(12-10-24)20(27)15-5-3-4-6-18(15)28-2/h3-8,13H,9-12H2,1-2H3. The zero-order valence-electron chi connectivity index (χ0n) is 15.8. The topological polar surface area (TPSA) is 71.3 Å². The lowest BCUT2D eigenvalue weighted by molar-refractivity contribution is 0.0743. The second-order valence-corrected chi connectivity index (χ2v) is 7.55. The summed E-state index contributed by atoms with van der Waals surface area (Å²) in [5.41, 5.74) is 2.16. The second kappa shape index (κ2) is 7.63. The molecule has 1 aliphatic heterocycles. The number of hydrogen-bond acceptors (Lipinski definition) is 6. The summed E-state index contributed by atoms with van der Waals surface area (Å²) in [5, 5.41) is 8.43. The number of carbonyl (C=O) groups is 1. The van der Waals surface area contributed by atoms with Gasteiger partial charge < -0.3 is 9.80 Å². The lowest BCUT2D eigenvalue weighted by Gasteiger charge is -2.36. The molecule has 7 nitrogen and oxygen atoms in total. The zero-order valence-corrected chi connectivity index (χ0v) is 16.6. The molecule has 0 saturated carbocycles. The van der Waals surface area contributed by atoms with Crippen molar-refractivity contribution in [1.29, 1.82) is 0 Å². The van der Waals surface area contributed by atoms with E-state index in [0.29, 0.717) is 24.0 Å². The van der Waals surface area contributed by atoms with Crippen molar-refractivity contribution in [2.45, 2.75) is 4.90 Å². The van der Waals surface area contributed by atoms with Gasteiger partial charge in [-0.3, -0.25) is 9.59 Å². The predicted molar refractivity (Wildman–Crippen MR) is 111 cm³/mol. The van der Waals surface area contributed by atoms with Crippen molar-refractivity contribution in [3.63, 3.8) is 0 Å². The normalized spacial score (nSPS) is 14.5. The maximum Gasteiger partial charge on any atom is 0.277 e. The third kappa shape index (κ3) is 3.35. The number of hydrogen-bond donors (Lipinski definition) is 0. The highest BCUT2D eigenvalue weighted by Crippen LogP contribution is 2.24. The SMILES string of the molecule is CSc1ccccc1C(=O)N1CCN(c2ccc3nnn(C)c(=O)c3c2)CC1. The van der Waals surface area contributed by atoms with Gasteiger partial charge >= 0.3 is 0 Å². The molecule has 1 aliphatic rings. The van der Waals surface area contributed by atoms with Crippen LogP contribution in [0, 0.1) is 0 Å². The van der Waals surface area contributed by atoms with Crippen LogP contribution in [0.2, 0.25) is 0 Å². The van der Waals surface area contributed by atoms with Crippen molar-refractivity contribution in [2.75, 3.05) is 37.3 Å². The van der Waals surface area contributed by atoms with Crippen LogP contribution >= 0.6 is 11.8 Å². The number of aromatic nitrogens is 3. The van der Waals surface area contributed by atoms with Gasteiger partial charge in [-0.1, -0.05) is 17.3 Å². The molecule has 8 heteroatoms. The Balaban J connectivity index is 1.51. The summed E-state index contributed by atoms with van der Waals surface area (Å²) in [7, 11) is 1.60. The Morgan fingerprint density at radius 3 is 2.57 bits per heavy atom. The summed E-state index contributed by atoms with van der Waals surface area (Å²) in [6, 6.07) is 13.4. The van der Waals surface area contributed by atoms with E-state index in [1.54, 1.807) is 18.8 Å². The number of rotatable bonds is 3. The number of piperazine rings is 1. The summed E-state index contributed by atoms with van der Waals surface area (Å²) < 4.78 is 1.24. The first-order valence-corrected chi connectivity index (χ1v) is 10.3. The van der Waals surface area contributed by atoms with Gasteiger partial charge in [-0.2, -0.15) is 0 Å². The molecule has 1 saturated heterocycles. The van der Waals surface area contributed by atoms with E-state index < -0.39 is 0 Å². The highest BCUT2D eigenvalue weighted by Gasteiger charge is 2.24. The largest absolute Gasteiger partial charge is 0.368 e. The van der Waals surface area contributed by atoms with Crippen molar-refractivity contribution in [1.82, 2.24) is 19.9 Å². The average molecular weight is 395 g/mol. The Morgan fingerprint density at radius 1 is 1.07 bits per heavy atom. The van der Waals surface area contributed by atoms with E-state index in [9.17, 15) is 9.59 Å². The van der Waals surface area contributed by atoms with E-state index in [-0.39, 0.29) is 11.5 Å². The molecular weight excluding hydrogens is 374 g/mol. The minimum absolute atomic E-state index is 0.0762. The van der Waals surface area contributed by atoms with Gasteiger partial charge in [-0.15, -0.1) is 16.9 Å². The van der Waals surface area contributed by atoms with E-state index >= 15 is 0 Å². The van der Waals surface area contributed by atoms with E-state index in [1.807, 2.05) is 53.6 Å². The van der Waals surface area contributed by atoms with Crippen LogP contribution in [0.1, 0.15) is 10.4 Å². The Bertz CT molecular complexity index is 1090. The van der Waals surface area contributed by atoms with Crippen molar-refractivity contribution >= 4 is 34.3 Å². The highest BCUT2D eigenvalue weighted by molar-refractivity contribution is 7.98. The Labute approximate surface area is 166 Å². The molecule has 0 atom stereocenters. The molecule has 1 aromatic heterocycles. The third-order valence-electron chi connectivity index (χ3n) is 5.06. The summed E-state index contributed by atoms with van der Waals surface area (Å²) in [6.45, 7) is 2.73. The van der Waals surface area contributed by atoms with Crippen LogP contribution in [0.15, 0.2) is 52.2 Å². The monoisotopic (exact) mass is 395 g/mol. The van der Waals surface area contributed by atoms with E-state index in [2.05, 4.69) is 15.2 Å². The molecular formula is C20H21N5O2S. The summed E-state index contributed by atoms with van der Waals surface area (Å²) in [6.07, 6.45) is 1.98. The maximum absolute atomic E-state index is 12.9. The Kier molecular flexibility index (Phi) is 5.04. The van der Waals surface area contributed by atoms with Crippen molar-refractivity contribution in [3.05, 3.63) is 58.4 Å². The van der Waals surface area contributed by atoms with E-state index in [1.165, 1.54) is 4.68 Å². The Morgan fingerprint density at radius 2 is 1.82 bits per heavy atom. The first-order chi connectivity index (χ1) is 13.6. The number of nitrogens with zero attached hydrogens (tertiary/aromatic N) is 5. The van der Waals surface area contributed by atoms with Gasteiger partial charge in [0.2, 0.25) is 0 Å². The van der Waals surface area contributed by atoms with Gasteiger partial charge in [0, 0.05) is 43.8 Å². The molecule has 4 rings (SSSR count). The molecule has 2 heterocycles. The molecule has 0 bridgehead atoms. The number of fused-ring (bicyclic) bond motifs is 1. The molecule has 2 aromatic carbocycles. The number of amides is 1. The zero-order chi connectivity index (χ0) is 19.7. The summed E-state index contributed by atoms with van der Waals surface area (Å²) in [5.74, 6) is 0.0762. The number of anilines is 1. The van der Waals surface area contributed by atoms with Crippen molar-refractivity contribution < 1.29 is 4.79 Å². The van der Waals surface area contributed by atoms with Crippen molar-refractivity contribution in [2.24, 2.45) is 7.05 Å². The molecule has 0 aliphatic carbocycles. The van der Waals surface area contributed by atoms with Crippen LogP contribution < -0.4 is 10.5 Å². The smallest absolute Gasteiger partial charge is 0.277 e. The fraction of sp³-hybridized carbons (Fsp3) is 0.300. The summed E-state index contributed by atoms with van der Waals surface area (Å²) >= 11 is 1.59. The number of aryl methyl sites for hydroxylation is 1. The lowest BCUT2D eigenvalue weighted by Crippen LogP contribution is -2.48. The molecule has 144 valence electrons. The van der Waals surface area contributed by atoms with Crippen LogP contribution in [0.3, 0.4) is 0 Å². The predicted octanol–water partition coefficient (Wildman–Crippen LogP) is 2.01. The maximum atomic E-state index is 12.9. The second-order valence-electron chi connectivity index (χ2n) is 6.70. The minimum Gasteiger partial charge on any atom is -0.368 e. The molecule has 28 heavy (non-hydrogen) atoms. The van der Waals surface area contributed by atoms with Crippen LogP contribution in [-0.4, -0.2) is 58.2 Å². The molecule has 0 spiro atoms. The van der Waals surface area contributed by atoms with Gasteiger partial charge in [0.15, 0.2) is 0 Å². The highest BCUT2D eigenvalue weighted by atomic mass is 32.2. The first kappa shape index (κ1) is 18.5. The van der Waals surface area contributed by atoms with Crippen LogP contribution in [0.5, 0.6) is 0 Å². The van der Waals surface area contributed by atoms with E-state index in [0.717, 1.165) is 29.2 Å². The average Bonchev–Trinajstić information content (AvgIpc) is 2.76. The van der Waals surface area contributed by atoms with Gasteiger partial charge in [0.1, 0.15) is 5.52 Å². The lowest BCUT2D eigenvalue weighted by atomic mass is 10.1. The van der Waals surface area contributed by atoms with Gasteiger partial charge in [0.25, 0.3) is 11.5 Å². The van der Waals surface area contributed by atoms with Gasteiger partial charge in [-0.25, -0.2) is 4.68 Å². The van der Waals surface area contributed by atoms with E-state index in [4.69, 9.17) is 0 Å².